The molecule has 7 heteroatoms. The maximum absolute atomic E-state index is 11.9. The smallest absolute Gasteiger partial charge is 0.337 e. The summed E-state index contributed by atoms with van der Waals surface area (Å²) in [6.45, 7) is -0.198. The maximum atomic E-state index is 11.9. The molecule has 2 rings (SSSR count). The van der Waals surface area contributed by atoms with E-state index in [0.29, 0.717) is 22.6 Å². The van der Waals surface area contributed by atoms with Crippen molar-refractivity contribution in [3.8, 4) is 5.75 Å². The van der Waals surface area contributed by atoms with Crippen LogP contribution in [0.4, 0.5) is 5.69 Å². The summed E-state index contributed by atoms with van der Waals surface area (Å²) in [5.74, 6) is -0.803. The molecule has 0 aromatic heterocycles. The van der Waals surface area contributed by atoms with Crippen molar-refractivity contribution in [2.45, 2.75) is 0 Å². The van der Waals surface area contributed by atoms with Gasteiger partial charge in [0, 0.05) is 5.69 Å². The normalized spacial score (nSPS) is 9.84. The lowest BCUT2D eigenvalue weighted by atomic mass is 10.2. The minimum absolute atomic E-state index is 0.198. The molecule has 0 aliphatic heterocycles. The van der Waals surface area contributed by atoms with E-state index in [1.807, 2.05) is 0 Å². The van der Waals surface area contributed by atoms with Gasteiger partial charge in [-0.05, 0) is 48.5 Å². The summed E-state index contributed by atoms with van der Waals surface area (Å²) in [6, 6.07) is 12.5. The zero-order chi connectivity index (χ0) is 18.2. The predicted molar refractivity (Wildman–Crippen MR) is 89.7 cm³/mol. The third-order valence-corrected chi connectivity index (χ3v) is 3.24. The molecule has 2 aromatic carbocycles. The van der Waals surface area contributed by atoms with Crippen molar-refractivity contribution in [1.29, 1.82) is 0 Å². The number of nitrogens with one attached hydrogen (secondary N) is 1. The SMILES string of the molecule is COC(=O)c1ccc(NC(=O)COc2ccc(C(=O)OC)cc2)cc1. The second-order valence-electron chi connectivity index (χ2n) is 4.92. The van der Waals surface area contributed by atoms with Crippen molar-refractivity contribution in [1.82, 2.24) is 0 Å². The van der Waals surface area contributed by atoms with Crippen molar-refractivity contribution in [2.24, 2.45) is 0 Å². The Morgan fingerprint density at radius 2 is 1.28 bits per heavy atom. The van der Waals surface area contributed by atoms with Gasteiger partial charge in [0.15, 0.2) is 6.61 Å². The quantitative estimate of drug-likeness (QED) is 0.809. The molecule has 1 amide bonds. The number of carbonyl (C=O) groups is 3. The number of carbonyl (C=O) groups excluding carboxylic acids is 3. The van der Waals surface area contributed by atoms with Crippen LogP contribution in [0.3, 0.4) is 0 Å². The molecule has 0 atom stereocenters. The first-order valence-corrected chi connectivity index (χ1v) is 7.33. The lowest BCUT2D eigenvalue weighted by Gasteiger charge is -2.08. The monoisotopic (exact) mass is 343 g/mol. The minimum Gasteiger partial charge on any atom is -0.484 e. The fourth-order valence-corrected chi connectivity index (χ4v) is 1.96. The molecule has 130 valence electrons. The van der Waals surface area contributed by atoms with Crippen molar-refractivity contribution in [3.05, 3.63) is 59.7 Å². The highest BCUT2D eigenvalue weighted by Crippen LogP contribution is 2.14. The lowest BCUT2D eigenvalue weighted by molar-refractivity contribution is -0.118. The summed E-state index contributed by atoms with van der Waals surface area (Å²) in [5.41, 5.74) is 1.31. The van der Waals surface area contributed by atoms with Crippen molar-refractivity contribution >= 4 is 23.5 Å². The van der Waals surface area contributed by atoms with Gasteiger partial charge in [-0.3, -0.25) is 4.79 Å². The molecule has 0 unspecified atom stereocenters. The highest BCUT2D eigenvalue weighted by atomic mass is 16.5. The number of methoxy groups -OCH3 is 2. The molecule has 0 fully saturated rings. The van der Waals surface area contributed by atoms with Crippen LogP contribution in [-0.2, 0) is 14.3 Å². The number of hydrogen-bond donors (Lipinski definition) is 1. The van der Waals surface area contributed by atoms with Gasteiger partial charge in [0.2, 0.25) is 0 Å². The van der Waals surface area contributed by atoms with Crippen LogP contribution >= 0.6 is 0 Å². The van der Waals surface area contributed by atoms with Gasteiger partial charge in [-0.1, -0.05) is 0 Å². The molecule has 0 saturated heterocycles. The molecule has 0 aliphatic carbocycles. The topological polar surface area (TPSA) is 90.9 Å². The molecule has 0 spiro atoms. The van der Waals surface area contributed by atoms with Gasteiger partial charge in [0.25, 0.3) is 5.91 Å². The zero-order valence-corrected chi connectivity index (χ0v) is 13.8. The van der Waals surface area contributed by atoms with Crippen molar-refractivity contribution < 1.29 is 28.6 Å². The van der Waals surface area contributed by atoms with E-state index in [9.17, 15) is 14.4 Å². The number of anilines is 1. The Bertz CT molecular complexity index is 752. The summed E-state index contributed by atoms with van der Waals surface area (Å²) in [4.78, 5) is 34.5. The van der Waals surface area contributed by atoms with Crippen LogP contribution < -0.4 is 10.1 Å². The Kier molecular flexibility index (Phi) is 6.11. The van der Waals surface area contributed by atoms with E-state index in [4.69, 9.17) is 4.74 Å². The second-order valence-corrected chi connectivity index (χ2v) is 4.92. The molecule has 0 saturated carbocycles. The van der Waals surface area contributed by atoms with Gasteiger partial charge in [0.1, 0.15) is 5.75 Å². The average Bonchev–Trinajstić information content (AvgIpc) is 2.66. The van der Waals surface area contributed by atoms with E-state index in [-0.39, 0.29) is 12.5 Å². The van der Waals surface area contributed by atoms with Crippen LogP contribution in [0.5, 0.6) is 5.75 Å². The van der Waals surface area contributed by atoms with Crippen LogP contribution in [0, 0.1) is 0 Å². The highest BCUT2D eigenvalue weighted by molar-refractivity contribution is 5.93. The van der Waals surface area contributed by atoms with Crippen LogP contribution in [0.1, 0.15) is 20.7 Å². The molecule has 7 nitrogen and oxygen atoms in total. The third-order valence-electron chi connectivity index (χ3n) is 3.24. The largest absolute Gasteiger partial charge is 0.484 e. The first kappa shape index (κ1) is 18.0. The minimum atomic E-state index is -0.448. The molecule has 2 aromatic rings. The number of benzene rings is 2. The number of esters is 2. The Labute approximate surface area is 144 Å². The Morgan fingerprint density at radius 3 is 1.76 bits per heavy atom. The fraction of sp³-hybridized carbons (Fsp3) is 0.167. The average molecular weight is 343 g/mol. The van der Waals surface area contributed by atoms with Crippen LogP contribution in [0.15, 0.2) is 48.5 Å². The number of ether oxygens (including phenoxy) is 3. The van der Waals surface area contributed by atoms with E-state index in [1.165, 1.54) is 14.2 Å². The highest BCUT2D eigenvalue weighted by Gasteiger charge is 2.08. The molecule has 0 bridgehead atoms. The number of amides is 1. The second kappa shape index (κ2) is 8.49. The first-order chi connectivity index (χ1) is 12.0. The molecule has 25 heavy (non-hydrogen) atoms. The first-order valence-electron chi connectivity index (χ1n) is 7.33. The van der Waals surface area contributed by atoms with Gasteiger partial charge in [0.05, 0.1) is 25.3 Å². The van der Waals surface area contributed by atoms with Crippen molar-refractivity contribution in [2.75, 3.05) is 26.1 Å². The maximum Gasteiger partial charge on any atom is 0.337 e. The molecular weight excluding hydrogens is 326 g/mol. The predicted octanol–water partition coefficient (Wildman–Crippen LogP) is 2.28. The summed E-state index contributed by atoms with van der Waals surface area (Å²) in [5, 5.41) is 2.64. The Hall–Kier alpha value is -3.35. The van der Waals surface area contributed by atoms with Gasteiger partial charge < -0.3 is 19.5 Å². The summed E-state index contributed by atoms with van der Waals surface area (Å²) in [6.07, 6.45) is 0. The summed E-state index contributed by atoms with van der Waals surface area (Å²) >= 11 is 0. The fourth-order valence-electron chi connectivity index (χ4n) is 1.96. The van der Waals surface area contributed by atoms with Gasteiger partial charge in [-0.2, -0.15) is 0 Å². The van der Waals surface area contributed by atoms with Gasteiger partial charge in [-0.25, -0.2) is 9.59 Å². The van der Waals surface area contributed by atoms with Crippen molar-refractivity contribution in [3.63, 3.8) is 0 Å². The molecule has 0 aliphatic rings. The van der Waals surface area contributed by atoms with Crippen LogP contribution in [0.2, 0.25) is 0 Å². The third kappa shape index (κ3) is 5.07. The Balaban J connectivity index is 1.86. The zero-order valence-electron chi connectivity index (χ0n) is 13.8. The molecular formula is C18H17NO6. The number of hydrogen-bond acceptors (Lipinski definition) is 6. The lowest BCUT2D eigenvalue weighted by Crippen LogP contribution is -2.20. The van der Waals surface area contributed by atoms with E-state index in [0.717, 1.165) is 0 Å². The van der Waals surface area contributed by atoms with Gasteiger partial charge >= 0.3 is 11.9 Å². The summed E-state index contributed by atoms with van der Waals surface area (Å²) < 4.78 is 14.5. The molecule has 0 radical (unpaired) electrons. The van der Waals surface area contributed by atoms with Crippen LogP contribution in [-0.4, -0.2) is 38.7 Å². The standard InChI is InChI=1S/C18H17NO6/c1-23-17(21)12-3-7-14(8-4-12)19-16(20)11-25-15-9-5-13(6-10-15)18(22)24-2/h3-10H,11H2,1-2H3,(H,19,20). The Morgan fingerprint density at radius 1 is 0.800 bits per heavy atom. The van der Waals surface area contributed by atoms with E-state index >= 15 is 0 Å². The molecule has 0 heterocycles. The van der Waals surface area contributed by atoms with E-state index in [2.05, 4.69) is 14.8 Å². The van der Waals surface area contributed by atoms with Gasteiger partial charge in [-0.15, -0.1) is 0 Å². The van der Waals surface area contributed by atoms with E-state index in [1.54, 1.807) is 48.5 Å². The summed E-state index contributed by atoms with van der Waals surface area (Å²) in [7, 11) is 2.60. The number of rotatable bonds is 6. The molecule has 1 N–H and O–H groups in total. The van der Waals surface area contributed by atoms with Crippen LogP contribution in [0.25, 0.3) is 0 Å². The van der Waals surface area contributed by atoms with E-state index < -0.39 is 11.9 Å².